The predicted molar refractivity (Wildman–Crippen MR) is 80.7 cm³/mol. The van der Waals surface area contributed by atoms with Crippen LogP contribution in [-0.4, -0.2) is 35.9 Å². The molecule has 1 aromatic carbocycles. The van der Waals surface area contributed by atoms with Gasteiger partial charge in [-0.05, 0) is 23.8 Å². The van der Waals surface area contributed by atoms with Gasteiger partial charge in [0.15, 0.2) is 0 Å². The summed E-state index contributed by atoms with van der Waals surface area (Å²) in [6.07, 6.45) is 3.04. The zero-order chi connectivity index (χ0) is 15.2. The molecule has 0 spiro atoms. The molecule has 0 saturated heterocycles. The van der Waals surface area contributed by atoms with Crippen molar-refractivity contribution in [2.24, 2.45) is 5.73 Å². The lowest BCUT2D eigenvalue weighted by molar-refractivity contribution is 0.100. The number of halogens is 1. The standard InChI is InChI=1S/C14H17ClN4O2/c1-21-5-4-17-7-10-6-12(15)2-3-13(10)19-9-11(8-18-19)14(16)20/h2-3,6,8-9,17H,4-5,7H2,1H3,(H2,16,20). The Morgan fingerprint density at radius 3 is 3.00 bits per heavy atom. The lowest BCUT2D eigenvalue weighted by atomic mass is 10.1. The van der Waals surface area contributed by atoms with Crippen LogP contribution in [0.1, 0.15) is 15.9 Å². The molecule has 2 aromatic rings. The van der Waals surface area contributed by atoms with Crippen LogP contribution in [0.15, 0.2) is 30.6 Å². The molecule has 0 saturated carbocycles. The van der Waals surface area contributed by atoms with Gasteiger partial charge in [-0.25, -0.2) is 4.68 Å². The summed E-state index contributed by atoms with van der Waals surface area (Å²) in [5.74, 6) is -0.505. The minimum Gasteiger partial charge on any atom is -0.383 e. The number of nitrogens with zero attached hydrogens (tertiary/aromatic N) is 2. The average Bonchev–Trinajstić information content (AvgIpc) is 2.93. The first kappa shape index (κ1) is 15.5. The van der Waals surface area contributed by atoms with Gasteiger partial charge in [-0.15, -0.1) is 0 Å². The molecule has 0 unspecified atom stereocenters. The molecule has 21 heavy (non-hydrogen) atoms. The summed E-state index contributed by atoms with van der Waals surface area (Å²) in [7, 11) is 1.65. The number of hydrogen-bond donors (Lipinski definition) is 2. The van der Waals surface area contributed by atoms with Gasteiger partial charge in [0.25, 0.3) is 5.91 Å². The van der Waals surface area contributed by atoms with Crippen molar-refractivity contribution in [3.8, 4) is 5.69 Å². The van der Waals surface area contributed by atoms with Crippen molar-refractivity contribution < 1.29 is 9.53 Å². The van der Waals surface area contributed by atoms with E-state index in [1.54, 1.807) is 24.1 Å². The van der Waals surface area contributed by atoms with Gasteiger partial charge in [-0.1, -0.05) is 11.6 Å². The zero-order valence-electron chi connectivity index (χ0n) is 11.7. The quantitative estimate of drug-likeness (QED) is 0.757. The van der Waals surface area contributed by atoms with Crippen LogP contribution >= 0.6 is 11.6 Å². The van der Waals surface area contributed by atoms with Crippen LogP contribution in [0.3, 0.4) is 0 Å². The first-order chi connectivity index (χ1) is 10.1. The monoisotopic (exact) mass is 308 g/mol. The van der Waals surface area contributed by atoms with E-state index in [0.29, 0.717) is 23.7 Å². The molecule has 112 valence electrons. The van der Waals surface area contributed by atoms with Gasteiger partial charge in [0.05, 0.1) is 24.1 Å². The van der Waals surface area contributed by atoms with E-state index in [4.69, 9.17) is 22.1 Å². The largest absolute Gasteiger partial charge is 0.383 e. The summed E-state index contributed by atoms with van der Waals surface area (Å²) in [6, 6.07) is 5.50. The summed E-state index contributed by atoms with van der Waals surface area (Å²) >= 11 is 6.04. The summed E-state index contributed by atoms with van der Waals surface area (Å²) in [6.45, 7) is 1.97. The van der Waals surface area contributed by atoms with E-state index in [-0.39, 0.29) is 0 Å². The van der Waals surface area contributed by atoms with Crippen LogP contribution in [0.5, 0.6) is 0 Å². The number of methoxy groups -OCH3 is 1. The predicted octanol–water partition coefficient (Wildman–Crippen LogP) is 1.36. The van der Waals surface area contributed by atoms with Crippen molar-refractivity contribution in [2.45, 2.75) is 6.54 Å². The number of carbonyl (C=O) groups excluding carboxylic acids is 1. The second-order valence-electron chi connectivity index (χ2n) is 4.48. The highest BCUT2D eigenvalue weighted by Gasteiger charge is 2.09. The number of nitrogens with two attached hydrogens (primary N) is 1. The fourth-order valence-corrected chi connectivity index (χ4v) is 2.09. The van der Waals surface area contributed by atoms with Crippen LogP contribution in [0, 0.1) is 0 Å². The fraction of sp³-hybridized carbons (Fsp3) is 0.286. The number of primary amides is 1. The molecular weight excluding hydrogens is 292 g/mol. The third-order valence-corrected chi connectivity index (χ3v) is 3.19. The van der Waals surface area contributed by atoms with Crippen LogP contribution in [0.25, 0.3) is 5.69 Å². The zero-order valence-corrected chi connectivity index (χ0v) is 12.4. The summed E-state index contributed by atoms with van der Waals surface area (Å²) < 4.78 is 6.61. The topological polar surface area (TPSA) is 82.2 Å². The first-order valence-electron chi connectivity index (χ1n) is 6.44. The second-order valence-corrected chi connectivity index (χ2v) is 4.92. The van der Waals surface area contributed by atoms with Crippen molar-refractivity contribution in [3.05, 3.63) is 46.7 Å². The lowest BCUT2D eigenvalue weighted by Crippen LogP contribution is -2.19. The van der Waals surface area contributed by atoms with Crippen molar-refractivity contribution in [3.63, 3.8) is 0 Å². The molecular formula is C14H17ClN4O2. The molecule has 3 N–H and O–H groups in total. The summed E-state index contributed by atoms with van der Waals surface area (Å²) in [5.41, 5.74) is 7.42. The Bertz CT molecular complexity index is 627. The molecule has 1 amide bonds. The minimum atomic E-state index is -0.505. The van der Waals surface area contributed by atoms with Crippen molar-refractivity contribution in [1.82, 2.24) is 15.1 Å². The Morgan fingerprint density at radius 1 is 1.52 bits per heavy atom. The highest BCUT2D eigenvalue weighted by molar-refractivity contribution is 6.30. The van der Waals surface area contributed by atoms with Gasteiger partial charge in [0.1, 0.15) is 0 Å². The van der Waals surface area contributed by atoms with E-state index in [2.05, 4.69) is 10.4 Å². The van der Waals surface area contributed by atoms with E-state index in [0.717, 1.165) is 17.8 Å². The van der Waals surface area contributed by atoms with E-state index >= 15 is 0 Å². The molecule has 0 radical (unpaired) electrons. The normalized spacial score (nSPS) is 10.8. The number of amides is 1. The highest BCUT2D eigenvalue weighted by atomic mass is 35.5. The Hall–Kier alpha value is -1.89. The molecule has 7 heteroatoms. The number of benzene rings is 1. The van der Waals surface area contributed by atoms with Crippen LogP contribution in [0.2, 0.25) is 5.02 Å². The van der Waals surface area contributed by atoms with E-state index < -0.39 is 5.91 Å². The maximum absolute atomic E-state index is 11.2. The van der Waals surface area contributed by atoms with Crippen LogP contribution in [0.4, 0.5) is 0 Å². The van der Waals surface area contributed by atoms with E-state index in [1.807, 2.05) is 12.1 Å². The number of carbonyl (C=O) groups is 1. The van der Waals surface area contributed by atoms with Crippen molar-refractivity contribution >= 4 is 17.5 Å². The fourth-order valence-electron chi connectivity index (χ4n) is 1.90. The Morgan fingerprint density at radius 2 is 2.33 bits per heavy atom. The van der Waals surface area contributed by atoms with Crippen LogP contribution in [-0.2, 0) is 11.3 Å². The number of rotatable bonds is 7. The van der Waals surface area contributed by atoms with Crippen molar-refractivity contribution in [1.29, 1.82) is 0 Å². The maximum atomic E-state index is 11.2. The highest BCUT2D eigenvalue weighted by Crippen LogP contribution is 2.19. The molecule has 1 aromatic heterocycles. The smallest absolute Gasteiger partial charge is 0.251 e. The molecule has 0 atom stereocenters. The molecule has 2 rings (SSSR count). The summed E-state index contributed by atoms with van der Waals surface area (Å²) in [5, 5.41) is 8.06. The third-order valence-electron chi connectivity index (χ3n) is 2.95. The lowest BCUT2D eigenvalue weighted by Gasteiger charge is -2.11. The minimum absolute atomic E-state index is 0.364. The van der Waals surface area contributed by atoms with E-state index in [9.17, 15) is 4.79 Å². The molecule has 0 aliphatic rings. The third kappa shape index (κ3) is 4.04. The Kier molecular flexibility index (Phi) is 5.32. The van der Waals surface area contributed by atoms with Gasteiger partial charge in [0.2, 0.25) is 0 Å². The number of nitrogens with one attached hydrogen (secondary N) is 1. The maximum Gasteiger partial charge on any atom is 0.251 e. The molecule has 6 nitrogen and oxygen atoms in total. The van der Waals surface area contributed by atoms with Gasteiger partial charge in [-0.2, -0.15) is 5.10 Å². The summed E-state index contributed by atoms with van der Waals surface area (Å²) in [4.78, 5) is 11.2. The van der Waals surface area contributed by atoms with Gasteiger partial charge >= 0.3 is 0 Å². The van der Waals surface area contributed by atoms with Crippen LogP contribution < -0.4 is 11.1 Å². The first-order valence-corrected chi connectivity index (χ1v) is 6.82. The molecule has 0 fully saturated rings. The average molecular weight is 309 g/mol. The SMILES string of the molecule is COCCNCc1cc(Cl)ccc1-n1cc(C(N)=O)cn1. The second kappa shape index (κ2) is 7.21. The molecule has 0 bridgehead atoms. The number of aromatic nitrogens is 2. The Balaban J connectivity index is 2.22. The van der Waals surface area contributed by atoms with Gasteiger partial charge < -0.3 is 15.8 Å². The molecule has 0 aliphatic carbocycles. The number of ether oxygens (including phenoxy) is 1. The van der Waals surface area contributed by atoms with Gasteiger partial charge in [0, 0.05) is 31.4 Å². The number of hydrogen-bond acceptors (Lipinski definition) is 4. The molecule has 1 heterocycles. The van der Waals surface area contributed by atoms with Crippen molar-refractivity contribution in [2.75, 3.05) is 20.3 Å². The van der Waals surface area contributed by atoms with Gasteiger partial charge in [-0.3, -0.25) is 4.79 Å². The van der Waals surface area contributed by atoms with E-state index in [1.165, 1.54) is 6.20 Å². The Labute approximate surface area is 127 Å². The molecule has 0 aliphatic heterocycles.